The lowest BCUT2D eigenvalue weighted by Crippen LogP contribution is -2.34. The summed E-state index contributed by atoms with van der Waals surface area (Å²) >= 11 is 0. The van der Waals surface area contributed by atoms with Crippen molar-refractivity contribution in [1.29, 1.82) is 0 Å². The van der Waals surface area contributed by atoms with Gasteiger partial charge < -0.3 is 14.6 Å². The zero-order chi connectivity index (χ0) is 13.5. The van der Waals surface area contributed by atoms with Gasteiger partial charge in [0.05, 0.1) is 6.04 Å². The molecule has 0 saturated carbocycles. The summed E-state index contributed by atoms with van der Waals surface area (Å²) in [5, 5.41) is 12.3. The van der Waals surface area contributed by atoms with Crippen LogP contribution in [0.1, 0.15) is 42.7 Å². The number of benzene rings is 1. The first-order chi connectivity index (χ1) is 9.86. The van der Waals surface area contributed by atoms with Crippen molar-refractivity contribution in [2.24, 2.45) is 0 Å². The van der Waals surface area contributed by atoms with E-state index in [4.69, 9.17) is 4.74 Å². The molecule has 2 aliphatic rings. The van der Waals surface area contributed by atoms with Crippen molar-refractivity contribution in [3.8, 4) is 5.75 Å². The zero-order valence-electron chi connectivity index (χ0n) is 11.5. The van der Waals surface area contributed by atoms with Gasteiger partial charge >= 0.3 is 0 Å². The van der Waals surface area contributed by atoms with E-state index in [9.17, 15) is 0 Å². The van der Waals surface area contributed by atoms with E-state index in [1.165, 1.54) is 5.56 Å². The third-order valence-electron chi connectivity index (χ3n) is 4.19. The van der Waals surface area contributed by atoms with Crippen molar-refractivity contribution in [3.63, 3.8) is 0 Å². The van der Waals surface area contributed by atoms with Gasteiger partial charge in [-0.15, -0.1) is 10.2 Å². The van der Waals surface area contributed by atoms with Crippen LogP contribution in [-0.4, -0.2) is 21.3 Å². The molecule has 20 heavy (non-hydrogen) atoms. The Morgan fingerprint density at radius 2 is 2.15 bits per heavy atom. The molecule has 104 valence electrons. The van der Waals surface area contributed by atoms with E-state index < -0.39 is 0 Å². The van der Waals surface area contributed by atoms with Crippen LogP contribution in [0.2, 0.25) is 0 Å². The SMILES string of the molecule is CCC1NCCn2c1nnc2C1Cc2ccccc2O1. The molecule has 4 rings (SSSR count). The molecule has 2 aromatic rings. The topological polar surface area (TPSA) is 52.0 Å². The van der Waals surface area contributed by atoms with Crippen LogP contribution in [0.15, 0.2) is 24.3 Å². The van der Waals surface area contributed by atoms with Crippen LogP contribution >= 0.6 is 0 Å². The molecule has 3 heterocycles. The number of hydrogen-bond acceptors (Lipinski definition) is 4. The second-order valence-corrected chi connectivity index (χ2v) is 5.40. The molecule has 1 aromatic heterocycles. The van der Waals surface area contributed by atoms with Gasteiger partial charge in [-0.3, -0.25) is 0 Å². The minimum Gasteiger partial charge on any atom is -0.482 e. The summed E-state index contributed by atoms with van der Waals surface area (Å²) in [5.74, 6) is 3.00. The smallest absolute Gasteiger partial charge is 0.174 e. The number of ether oxygens (including phenoxy) is 1. The molecule has 5 heteroatoms. The third-order valence-corrected chi connectivity index (χ3v) is 4.19. The second kappa shape index (κ2) is 4.59. The van der Waals surface area contributed by atoms with Gasteiger partial charge in [-0.05, 0) is 18.1 Å². The highest BCUT2D eigenvalue weighted by molar-refractivity contribution is 5.38. The maximum atomic E-state index is 6.04. The largest absolute Gasteiger partial charge is 0.482 e. The number of hydrogen-bond donors (Lipinski definition) is 1. The normalized spacial score (nSPS) is 24.1. The highest BCUT2D eigenvalue weighted by Crippen LogP contribution is 2.36. The highest BCUT2D eigenvalue weighted by Gasteiger charge is 2.32. The average molecular weight is 270 g/mol. The van der Waals surface area contributed by atoms with Gasteiger partial charge in [0.15, 0.2) is 11.9 Å². The van der Waals surface area contributed by atoms with Crippen LogP contribution in [-0.2, 0) is 13.0 Å². The number of fused-ring (bicyclic) bond motifs is 2. The first-order valence-corrected chi connectivity index (χ1v) is 7.27. The molecular weight excluding hydrogens is 252 g/mol. The van der Waals surface area contributed by atoms with Gasteiger partial charge in [-0.2, -0.15) is 0 Å². The molecule has 0 radical (unpaired) electrons. The average Bonchev–Trinajstić information content (AvgIpc) is 3.09. The molecule has 0 spiro atoms. The Hall–Kier alpha value is -1.88. The number of nitrogens with one attached hydrogen (secondary N) is 1. The van der Waals surface area contributed by atoms with E-state index in [1.54, 1.807) is 0 Å². The summed E-state index contributed by atoms with van der Waals surface area (Å²) in [7, 11) is 0. The molecule has 2 aliphatic heterocycles. The summed E-state index contributed by atoms with van der Waals surface area (Å²) in [6.07, 6.45) is 1.92. The monoisotopic (exact) mass is 270 g/mol. The fourth-order valence-electron chi connectivity index (χ4n) is 3.15. The molecule has 0 bridgehead atoms. The van der Waals surface area contributed by atoms with Crippen molar-refractivity contribution < 1.29 is 4.74 Å². The first-order valence-electron chi connectivity index (χ1n) is 7.27. The Morgan fingerprint density at radius 3 is 3.00 bits per heavy atom. The number of rotatable bonds is 2. The molecule has 0 amide bonds. The lowest BCUT2D eigenvalue weighted by atomic mass is 10.1. The molecule has 0 aliphatic carbocycles. The molecule has 0 saturated heterocycles. The zero-order valence-corrected chi connectivity index (χ0v) is 11.5. The Kier molecular flexibility index (Phi) is 2.73. The molecule has 2 atom stereocenters. The summed E-state index contributed by atoms with van der Waals surface area (Å²) in [5.41, 5.74) is 1.26. The number of nitrogens with zero attached hydrogens (tertiary/aromatic N) is 3. The van der Waals surface area contributed by atoms with Gasteiger partial charge in [0.1, 0.15) is 11.6 Å². The minimum absolute atomic E-state index is 0.00394. The van der Waals surface area contributed by atoms with Crippen molar-refractivity contribution >= 4 is 0 Å². The van der Waals surface area contributed by atoms with E-state index in [0.717, 1.165) is 43.3 Å². The predicted molar refractivity (Wildman–Crippen MR) is 74.6 cm³/mol. The van der Waals surface area contributed by atoms with E-state index in [-0.39, 0.29) is 6.10 Å². The summed E-state index contributed by atoms with van der Waals surface area (Å²) in [6, 6.07) is 8.53. The van der Waals surface area contributed by atoms with Gasteiger partial charge in [0.25, 0.3) is 0 Å². The van der Waals surface area contributed by atoms with Crippen molar-refractivity contribution in [2.75, 3.05) is 6.54 Å². The maximum Gasteiger partial charge on any atom is 0.174 e. The van der Waals surface area contributed by atoms with Gasteiger partial charge in [-0.1, -0.05) is 25.1 Å². The van der Waals surface area contributed by atoms with Crippen LogP contribution < -0.4 is 10.1 Å². The first kappa shape index (κ1) is 11.9. The predicted octanol–water partition coefficient (Wildman–Crippen LogP) is 2.01. The molecule has 1 aromatic carbocycles. The Morgan fingerprint density at radius 1 is 1.30 bits per heavy atom. The molecular formula is C15H18N4O. The maximum absolute atomic E-state index is 6.04. The van der Waals surface area contributed by atoms with E-state index in [1.807, 2.05) is 12.1 Å². The van der Waals surface area contributed by atoms with Crippen molar-refractivity contribution in [1.82, 2.24) is 20.1 Å². The third kappa shape index (κ3) is 1.73. The van der Waals surface area contributed by atoms with E-state index in [0.29, 0.717) is 6.04 Å². The van der Waals surface area contributed by atoms with Gasteiger partial charge in [-0.25, -0.2) is 0 Å². The number of para-hydroxylation sites is 1. The highest BCUT2D eigenvalue weighted by atomic mass is 16.5. The lowest BCUT2D eigenvalue weighted by Gasteiger charge is -2.24. The van der Waals surface area contributed by atoms with E-state index >= 15 is 0 Å². The van der Waals surface area contributed by atoms with Crippen LogP contribution in [0, 0.1) is 0 Å². The second-order valence-electron chi connectivity index (χ2n) is 5.40. The standard InChI is InChI=1S/C15H18N4O/c1-2-11-14-17-18-15(19(14)8-7-16-11)13-9-10-5-3-4-6-12(10)20-13/h3-6,11,13,16H,2,7-9H2,1H3. The van der Waals surface area contributed by atoms with Crippen LogP contribution in [0.4, 0.5) is 0 Å². The Balaban J connectivity index is 1.67. The van der Waals surface area contributed by atoms with Crippen molar-refractivity contribution in [3.05, 3.63) is 41.5 Å². The quantitative estimate of drug-likeness (QED) is 0.907. The van der Waals surface area contributed by atoms with E-state index in [2.05, 4.69) is 39.1 Å². The molecule has 5 nitrogen and oxygen atoms in total. The summed E-state index contributed by atoms with van der Waals surface area (Å²) in [4.78, 5) is 0. The molecule has 1 N–H and O–H groups in total. The van der Waals surface area contributed by atoms with Gasteiger partial charge in [0, 0.05) is 19.5 Å². The van der Waals surface area contributed by atoms with Gasteiger partial charge in [0.2, 0.25) is 0 Å². The summed E-state index contributed by atoms with van der Waals surface area (Å²) < 4.78 is 8.28. The Bertz CT molecular complexity index is 612. The Labute approximate surface area is 118 Å². The van der Waals surface area contributed by atoms with Crippen LogP contribution in [0.3, 0.4) is 0 Å². The summed E-state index contributed by atoms with van der Waals surface area (Å²) in [6.45, 7) is 4.06. The molecule has 2 unspecified atom stereocenters. The van der Waals surface area contributed by atoms with Crippen LogP contribution in [0.5, 0.6) is 5.75 Å². The number of aromatic nitrogens is 3. The fraction of sp³-hybridized carbons (Fsp3) is 0.467. The van der Waals surface area contributed by atoms with Crippen molar-refractivity contribution in [2.45, 2.75) is 38.5 Å². The van der Waals surface area contributed by atoms with Crippen LogP contribution in [0.25, 0.3) is 0 Å². The fourth-order valence-corrected chi connectivity index (χ4v) is 3.15. The minimum atomic E-state index is 0.00394. The lowest BCUT2D eigenvalue weighted by molar-refractivity contribution is 0.218. The molecule has 0 fully saturated rings.